The van der Waals surface area contributed by atoms with E-state index in [1.807, 2.05) is 6.08 Å². The van der Waals surface area contributed by atoms with Gasteiger partial charge in [0.05, 0.1) is 25.7 Å². The molecule has 2 bridgehead atoms. The molecule has 156 valence electrons. The zero-order chi connectivity index (χ0) is 19.8. The SMILES string of the molecule is COC(=O)CC=CC[C@@H]1O[C@@H]2C[C@@]1(OC(C)=O)C[C@H]1OC3(CCCCC3)OC21. The van der Waals surface area contributed by atoms with E-state index in [2.05, 4.69) is 4.74 Å². The van der Waals surface area contributed by atoms with Crippen molar-refractivity contribution in [3.05, 3.63) is 12.2 Å². The number of fused-ring (bicyclic) bond motifs is 4. The molecule has 2 aliphatic heterocycles. The van der Waals surface area contributed by atoms with Crippen molar-refractivity contribution in [1.29, 1.82) is 0 Å². The van der Waals surface area contributed by atoms with Gasteiger partial charge in [0.2, 0.25) is 0 Å². The molecule has 0 amide bonds. The molecule has 5 atom stereocenters. The maximum Gasteiger partial charge on any atom is 0.309 e. The molecule has 2 saturated heterocycles. The van der Waals surface area contributed by atoms with Gasteiger partial charge in [-0.15, -0.1) is 0 Å². The quantitative estimate of drug-likeness (QED) is 0.524. The lowest BCUT2D eigenvalue weighted by atomic mass is 9.78. The van der Waals surface area contributed by atoms with E-state index in [1.54, 1.807) is 6.08 Å². The average molecular weight is 394 g/mol. The molecule has 4 rings (SSSR count). The molecule has 0 aromatic heterocycles. The summed E-state index contributed by atoms with van der Waals surface area (Å²) in [5.74, 6) is -1.07. The zero-order valence-corrected chi connectivity index (χ0v) is 16.7. The second-order valence-electron chi connectivity index (χ2n) is 8.43. The third-order valence-electron chi connectivity index (χ3n) is 6.46. The summed E-state index contributed by atoms with van der Waals surface area (Å²) in [6.45, 7) is 1.44. The van der Waals surface area contributed by atoms with Crippen LogP contribution in [0.2, 0.25) is 0 Å². The minimum atomic E-state index is -0.698. The second-order valence-corrected chi connectivity index (χ2v) is 8.43. The van der Waals surface area contributed by atoms with E-state index in [9.17, 15) is 9.59 Å². The Morgan fingerprint density at radius 3 is 2.54 bits per heavy atom. The first-order valence-electron chi connectivity index (χ1n) is 10.4. The molecule has 4 aliphatic rings. The van der Waals surface area contributed by atoms with E-state index in [-0.39, 0.29) is 42.8 Å². The van der Waals surface area contributed by atoms with Crippen LogP contribution in [0.15, 0.2) is 12.2 Å². The van der Waals surface area contributed by atoms with Crippen LogP contribution in [0.5, 0.6) is 0 Å². The minimum absolute atomic E-state index is 0.106. The Kier molecular flexibility index (Phi) is 5.51. The molecule has 0 radical (unpaired) electrons. The highest BCUT2D eigenvalue weighted by molar-refractivity contribution is 5.70. The van der Waals surface area contributed by atoms with Crippen LogP contribution in [0.3, 0.4) is 0 Å². The summed E-state index contributed by atoms with van der Waals surface area (Å²) in [7, 11) is 1.37. The van der Waals surface area contributed by atoms with Gasteiger partial charge in [0.1, 0.15) is 17.8 Å². The highest BCUT2D eigenvalue weighted by atomic mass is 16.8. The first-order valence-corrected chi connectivity index (χ1v) is 10.4. The van der Waals surface area contributed by atoms with Crippen LogP contribution >= 0.6 is 0 Å². The Hall–Kier alpha value is -1.44. The van der Waals surface area contributed by atoms with Gasteiger partial charge >= 0.3 is 11.9 Å². The van der Waals surface area contributed by atoms with Crippen molar-refractivity contribution in [1.82, 2.24) is 0 Å². The second kappa shape index (κ2) is 7.76. The third kappa shape index (κ3) is 3.72. The molecule has 4 fully saturated rings. The summed E-state index contributed by atoms with van der Waals surface area (Å²) in [6.07, 6.45) is 10.3. The van der Waals surface area contributed by atoms with E-state index in [1.165, 1.54) is 20.5 Å². The van der Waals surface area contributed by atoms with E-state index >= 15 is 0 Å². The van der Waals surface area contributed by atoms with E-state index in [0.717, 1.165) is 25.7 Å². The summed E-state index contributed by atoms with van der Waals surface area (Å²) in [5, 5.41) is 0. The van der Waals surface area contributed by atoms with Gasteiger partial charge in [-0.2, -0.15) is 0 Å². The van der Waals surface area contributed by atoms with Crippen LogP contribution in [-0.2, 0) is 33.3 Å². The monoisotopic (exact) mass is 394 g/mol. The fraction of sp³-hybridized carbons (Fsp3) is 0.810. The molecule has 0 aromatic rings. The molecule has 2 saturated carbocycles. The Morgan fingerprint density at radius 1 is 1.07 bits per heavy atom. The van der Waals surface area contributed by atoms with E-state index in [4.69, 9.17) is 18.9 Å². The molecule has 7 nitrogen and oxygen atoms in total. The Balaban J connectivity index is 1.47. The first-order chi connectivity index (χ1) is 13.5. The molecular formula is C21H30O7. The predicted molar refractivity (Wildman–Crippen MR) is 98.3 cm³/mol. The topological polar surface area (TPSA) is 80.3 Å². The van der Waals surface area contributed by atoms with Crippen molar-refractivity contribution in [3.63, 3.8) is 0 Å². The van der Waals surface area contributed by atoms with Gasteiger partial charge in [0.15, 0.2) is 5.79 Å². The Labute approximate surface area is 165 Å². The summed E-state index contributed by atoms with van der Waals surface area (Å²) >= 11 is 0. The number of rotatable bonds is 5. The minimum Gasteiger partial charge on any atom is -0.469 e. The van der Waals surface area contributed by atoms with Gasteiger partial charge in [-0.25, -0.2) is 0 Å². The highest BCUT2D eigenvalue weighted by Crippen LogP contribution is 2.53. The fourth-order valence-corrected chi connectivity index (χ4v) is 5.29. The molecule has 7 heteroatoms. The molecule has 2 heterocycles. The summed E-state index contributed by atoms with van der Waals surface area (Å²) in [4.78, 5) is 23.1. The number of carbonyl (C=O) groups excluding carboxylic acids is 2. The Bertz CT molecular complexity index is 639. The number of esters is 2. The third-order valence-corrected chi connectivity index (χ3v) is 6.46. The van der Waals surface area contributed by atoms with Crippen LogP contribution in [0.4, 0.5) is 0 Å². The molecule has 28 heavy (non-hydrogen) atoms. The normalized spacial score (nSPS) is 38.5. The highest BCUT2D eigenvalue weighted by Gasteiger charge is 2.64. The predicted octanol–water partition coefficient (Wildman–Crippen LogP) is 2.80. The summed E-state index contributed by atoms with van der Waals surface area (Å²) in [6, 6.07) is 0. The number of carbonyl (C=O) groups is 2. The van der Waals surface area contributed by atoms with Gasteiger partial charge in [-0.05, 0) is 19.3 Å². The van der Waals surface area contributed by atoms with Gasteiger partial charge in [-0.1, -0.05) is 18.6 Å². The van der Waals surface area contributed by atoms with Crippen LogP contribution in [-0.4, -0.2) is 54.9 Å². The largest absolute Gasteiger partial charge is 0.469 e. The van der Waals surface area contributed by atoms with Gasteiger partial charge in [0, 0.05) is 32.6 Å². The number of methoxy groups -OCH3 is 1. The van der Waals surface area contributed by atoms with Crippen molar-refractivity contribution < 1.29 is 33.3 Å². The molecule has 2 aliphatic carbocycles. The Morgan fingerprint density at radius 2 is 1.82 bits per heavy atom. The maximum atomic E-state index is 11.9. The lowest BCUT2D eigenvalue weighted by Gasteiger charge is -2.37. The van der Waals surface area contributed by atoms with Gasteiger partial charge in [0.25, 0.3) is 0 Å². The maximum absolute atomic E-state index is 11.9. The van der Waals surface area contributed by atoms with Crippen molar-refractivity contribution >= 4 is 11.9 Å². The molecule has 0 aromatic carbocycles. The van der Waals surface area contributed by atoms with Crippen LogP contribution in [0, 0.1) is 0 Å². The van der Waals surface area contributed by atoms with Crippen LogP contribution in [0.1, 0.15) is 64.7 Å². The van der Waals surface area contributed by atoms with E-state index < -0.39 is 11.4 Å². The molecule has 1 spiro atoms. The van der Waals surface area contributed by atoms with Crippen molar-refractivity contribution in [3.8, 4) is 0 Å². The lowest BCUT2D eigenvalue weighted by Crippen LogP contribution is -2.50. The van der Waals surface area contributed by atoms with Crippen LogP contribution < -0.4 is 0 Å². The van der Waals surface area contributed by atoms with Crippen molar-refractivity contribution in [2.24, 2.45) is 0 Å². The average Bonchev–Trinajstić information content (AvgIpc) is 3.15. The molecular weight excluding hydrogens is 364 g/mol. The van der Waals surface area contributed by atoms with E-state index in [0.29, 0.717) is 19.3 Å². The number of ether oxygens (including phenoxy) is 5. The fourth-order valence-electron chi connectivity index (χ4n) is 5.29. The molecule has 0 N–H and O–H groups in total. The lowest BCUT2D eigenvalue weighted by molar-refractivity contribution is -0.207. The molecule has 1 unspecified atom stereocenters. The van der Waals surface area contributed by atoms with Crippen molar-refractivity contribution in [2.75, 3.05) is 7.11 Å². The first kappa shape index (κ1) is 19.9. The van der Waals surface area contributed by atoms with Gasteiger partial charge < -0.3 is 23.7 Å². The van der Waals surface area contributed by atoms with Crippen LogP contribution in [0.25, 0.3) is 0 Å². The summed E-state index contributed by atoms with van der Waals surface area (Å²) < 4.78 is 29.7. The van der Waals surface area contributed by atoms with Crippen molar-refractivity contribution in [2.45, 2.75) is 101 Å². The number of hydrogen-bond donors (Lipinski definition) is 0. The number of hydrogen-bond acceptors (Lipinski definition) is 7. The smallest absolute Gasteiger partial charge is 0.309 e. The standard InChI is InChI=1S/C21H30O7/c1-14(22)26-20-12-15(25-17(20)8-4-5-9-18(23)24-2)19-16(13-20)27-21(28-19)10-6-3-7-11-21/h4-5,15-17,19H,3,6-13H2,1-2H3/t15-,16-,17+,19?,20-/m1/s1. The zero-order valence-electron chi connectivity index (χ0n) is 16.7. The van der Waals surface area contributed by atoms with Gasteiger partial charge in [-0.3, -0.25) is 9.59 Å². The summed E-state index contributed by atoms with van der Waals surface area (Å²) in [5.41, 5.74) is -0.698.